The number of nitrogens with one attached hydrogen (secondary N) is 1. The van der Waals surface area contributed by atoms with Crippen LogP contribution in [-0.4, -0.2) is 30.2 Å². The van der Waals surface area contributed by atoms with E-state index < -0.39 is 20.5 Å². The van der Waals surface area contributed by atoms with Crippen LogP contribution in [0.25, 0.3) is 0 Å². The molecule has 11 heavy (non-hydrogen) atoms. The summed E-state index contributed by atoms with van der Waals surface area (Å²) >= 11 is 0. The molecular weight excluding hydrogens is 173 g/mol. The van der Waals surface area contributed by atoms with E-state index in [-0.39, 0.29) is 0 Å². The molecule has 0 bridgehead atoms. The van der Waals surface area contributed by atoms with Gasteiger partial charge < -0.3 is 14.2 Å². The molecule has 64 valence electrons. The molecule has 0 aromatic carbocycles. The fourth-order valence-corrected chi connectivity index (χ4v) is 0.996. The van der Waals surface area contributed by atoms with Crippen LogP contribution in [0.15, 0.2) is 0 Å². The van der Waals surface area contributed by atoms with E-state index in [2.05, 4.69) is 9.84 Å². The van der Waals surface area contributed by atoms with Crippen molar-refractivity contribution in [3.8, 4) is 0 Å². The van der Waals surface area contributed by atoms with Crippen molar-refractivity contribution >= 4 is 14.2 Å². The highest BCUT2D eigenvalue weighted by Gasteiger charge is 2.25. The molecule has 1 heterocycles. The smallest absolute Gasteiger partial charge is 0.367 e. The molecule has 0 saturated carbocycles. The predicted octanol–water partition coefficient (Wildman–Crippen LogP) is -1.14. The molecule has 0 aromatic rings. The van der Waals surface area contributed by atoms with E-state index in [0.717, 1.165) is 0 Å². The highest BCUT2D eigenvalue weighted by Crippen LogP contribution is 2.16. The van der Waals surface area contributed by atoms with Crippen molar-refractivity contribution < 1.29 is 23.5 Å². The van der Waals surface area contributed by atoms with E-state index in [9.17, 15) is 9.36 Å². The van der Waals surface area contributed by atoms with Gasteiger partial charge >= 0.3 is 14.2 Å². The zero-order valence-electron chi connectivity index (χ0n) is 5.57. The van der Waals surface area contributed by atoms with Gasteiger partial charge in [-0.05, 0) is 0 Å². The van der Waals surface area contributed by atoms with Crippen LogP contribution in [0.5, 0.6) is 0 Å². The lowest BCUT2D eigenvalue weighted by atomic mass is 10.6. The SMILES string of the molecule is O=C(O[PH](=O)O)C1NCCO1. The number of hydrogen-bond acceptors (Lipinski definition) is 5. The number of carbonyl (C=O) groups is 1. The van der Waals surface area contributed by atoms with Crippen LogP contribution in [0.2, 0.25) is 0 Å². The fourth-order valence-electron chi connectivity index (χ4n) is 0.717. The summed E-state index contributed by atoms with van der Waals surface area (Å²) in [4.78, 5) is 18.9. The van der Waals surface area contributed by atoms with Gasteiger partial charge in [-0.3, -0.25) is 5.32 Å². The molecule has 2 unspecified atom stereocenters. The van der Waals surface area contributed by atoms with E-state index in [1.165, 1.54) is 0 Å². The lowest BCUT2D eigenvalue weighted by Crippen LogP contribution is -2.32. The monoisotopic (exact) mass is 181 g/mol. The second-order valence-electron chi connectivity index (χ2n) is 1.89. The second-order valence-corrected chi connectivity index (χ2v) is 2.63. The second kappa shape index (κ2) is 3.82. The Bertz CT molecular complexity index is 177. The zero-order valence-corrected chi connectivity index (χ0v) is 6.57. The molecule has 2 atom stereocenters. The van der Waals surface area contributed by atoms with Gasteiger partial charge in [0.2, 0.25) is 6.23 Å². The maximum Gasteiger partial charge on any atom is 0.367 e. The zero-order chi connectivity index (χ0) is 8.27. The van der Waals surface area contributed by atoms with Crippen LogP contribution in [0.4, 0.5) is 0 Å². The Kier molecular flexibility index (Phi) is 3.02. The van der Waals surface area contributed by atoms with Gasteiger partial charge in [0.15, 0.2) is 0 Å². The maximum atomic E-state index is 10.7. The highest BCUT2D eigenvalue weighted by molar-refractivity contribution is 7.32. The fraction of sp³-hybridized carbons (Fsp3) is 0.750. The Labute approximate surface area is 63.4 Å². The van der Waals surface area contributed by atoms with Crippen LogP contribution < -0.4 is 5.32 Å². The summed E-state index contributed by atoms with van der Waals surface area (Å²) < 4.78 is 18.8. The van der Waals surface area contributed by atoms with Crippen molar-refractivity contribution in [2.75, 3.05) is 13.2 Å². The van der Waals surface area contributed by atoms with Crippen LogP contribution in [0.1, 0.15) is 0 Å². The van der Waals surface area contributed by atoms with Gasteiger partial charge in [-0.1, -0.05) is 0 Å². The Hall–Kier alpha value is -0.420. The van der Waals surface area contributed by atoms with E-state index in [1.54, 1.807) is 0 Å². The third-order valence-corrected chi connectivity index (χ3v) is 1.49. The first kappa shape index (κ1) is 8.67. The molecule has 7 heteroatoms. The number of rotatable bonds is 2. The van der Waals surface area contributed by atoms with Crippen molar-refractivity contribution in [1.82, 2.24) is 5.32 Å². The average molecular weight is 181 g/mol. The first-order valence-electron chi connectivity index (χ1n) is 3.00. The van der Waals surface area contributed by atoms with Gasteiger partial charge in [0.25, 0.3) is 0 Å². The average Bonchev–Trinajstić information content (AvgIpc) is 2.35. The molecule has 1 rings (SSSR count). The summed E-state index contributed by atoms with van der Waals surface area (Å²) in [6.07, 6.45) is -0.879. The molecule has 0 spiro atoms. The van der Waals surface area contributed by atoms with Crippen molar-refractivity contribution in [3.63, 3.8) is 0 Å². The van der Waals surface area contributed by atoms with Crippen LogP contribution in [0, 0.1) is 0 Å². The van der Waals surface area contributed by atoms with Crippen molar-refractivity contribution in [1.29, 1.82) is 0 Å². The van der Waals surface area contributed by atoms with Gasteiger partial charge in [-0.15, -0.1) is 0 Å². The minimum Gasteiger partial charge on any atom is -0.391 e. The van der Waals surface area contributed by atoms with E-state index in [4.69, 9.17) is 9.63 Å². The first-order chi connectivity index (χ1) is 5.20. The summed E-state index contributed by atoms with van der Waals surface area (Å²) in [5.41, 5.74) is 0. The Morgan fingerprint density at radius 2 is 2.55 bits per heavy atom. The van der Waals surface area contributed by atoms with Gasteiger partial charge in [-0.2, -0.15) is 0 Å². The summed E-state index contributed by atoms with van der Waals surface area (Å²) in [6, 6.07) is 0. The van der Waals surface area contributed by atoms with E-state index >= 15 is 0 Å². The molecular formula is C4H8NO5P. The van der Waals surface area contributed by atoms with Gasteiger partial charge in [0.1, 0.15) is 0 Å². The van der Waals surface area contributed by atoms with E-state index in [1.807, 2.05) is 0 Å². The Morgan fingerprint density at radius 1 is 1.82 bits per heavy atom. The lowest BCUT2D eigenvalue weighted by molar-refractivity contribution is -0.145. The number of hydrogen-bond donors (Lipinski definition) is 2. The molecule has 0 aromatic heterocycles. The molecule has 0 radical (unpaired) electrons. The van der Waals surface area contributed by atoms with Crippen LogP contribution >= 0.6 is 8.25 Å². The van der Waals surface area contributed by atoms with Gasteiger partial charge in [0, 0.05) is 6.54 Å². The van der Waals surface area contributed by atoms with Gasteiger partial charge in [-0.25, -0.2) is 9.36 Å². The van der Waals surface area contributed by atoms with Crippen molar-refractivity contribution in [2.24, 2.45) is 0 Å². The third-order valence-electron chi connectivity index (χ3n) is 1.12. The molecule has 1 aliphatic rings. The first-order valence-corrected chi connectivity index (χ1v) is 4.26. The van der Waals surface area contributed by atoms with Crippen molar-refractivity contribution in [2.45, 2.75) is 6.23 Å². The summed E-state index contributed by atoms with van der Waals surface area (Å²) in [5.74, 6) is -0.839. The van der Waals surface area contributed by atoms with Crippen LogP contribution in [0.3, 0.4) is 0 Å². The molecule has 0 aliphatic carbocycles. The summed E-state index contributed by atoms with van der Waals surface area (Å²) in [5, 5.41) is 2.63. The highest BCUT2D eigenvalue weighted by atomic mass is 31.1. The molecule has 6 nitrogen and oxygen atoms in total. The minimum absolute atomic E-state index is 0.409. The summed E-state index contributed by atoms with van der Waals surface area (Å²) in [6.45, 7) is 0.957. The standard InChI is InChI=1S/C4H8NO5P/c6-4(10-11(7)8)3-5-1-2-9-3/h3,5,11H,1-2H2,(H,7,8). The van der Waals surface area contributed by atoms with E-state index in [0.29, 0.717) is 13.2 Å². The molecule has 0 amide bonds. The quantitative estimate of drug-likeness (QED) is 0.523. The largest absolute Gasteiger partial charge is 0.391 e. The Balaban J connectivity index is 2.34. The van der Waals surface area contributed by atoms with Gasteiger partial charge in [0.05, 0.1) is 6.61 Å². The van der Waals surface area contributed by atoms with Crippen LogP contribution in [-0.2, 0) is 18.6 Å². The minimum atomic E-state index is -3.19. The molecule has 1 fully saturated rings. The molecule has 2 N–H and O–H groups in total. The number of carbonyl (C=O) groups excluding carboxylic acids is 1. The predicted molar refractivity (Wildman–Crippen MR) is 35.1 cm³/mol. The Morgan fingerprint density at radius 3 is 3.00 bits per heavy atom. The third kappa shape index (κ3) is 2.59. The molecule has 1 aliphatic heterocycles. The molecule has 1 saturated heterocycles. The van der Waals surface area contributed by atoms with Crippen molar-refractivity contribution in [3.05, 3.63) is 0 Å². The topological polar surface area (TPSA) is 84.9 Å². The lowest BCUT2D eigenvalue weighted by Gasteiger charge is -2.06. The maximum absolute atomic E-state index is 10.7. The summed E-state index contributed by atoms with van der Waals surface area (Å²) in [7, 11) is -3.19. The normalized spacial score (nSPS) is 26.5. The number of ether oxygens (including phenoxy) is 1.